The van der Waals surface area contributed by atoms with Gasteiger partial charge >= 0.3 is 0 Å². The fourth-order valence-electron chi connectivity index (χ4n) is 2.89. The van der Waals surface area contributed by atoms with Gasteiger partial charge in [0.25, 0.3) is 0 Å². The molecule has 134 valence electrons. The monoisotopic (exact) mass is 359 g/mol. The third kappa shape index (κ3) is 4.41. The summed E-state index contributed by atoms with van der Waals surface area (Å²) in [7, 11) is 2.11. The van der Waals surface area contributed by atoms with Crippen molar-refractivity contribution in [2.75, 3.05) is 39.0 Å². The van der Waals surface area contributed by atoms with E-state index in [1.807, 2.05) is 9.47 Å². The molecule has 0 N–H and O–H groups in total. The number of amides is 1. The van der Waals surface area contributed by atoms with E-state index in [4.69, 9.17) is 0 Å². The van der Waals surface area contributed by atoms with Crippen LogP contribution in [-0.4, -0.2) is 69.5 Å². The standard InChI is InChI=1S/C18H25N5OS/c1-14-5-6-16(11-15(14)2)23-13-19-20-18(23)25-12-17(24)22-8-4-7-21(3)9-10-22/h5-6,11,13H,4,7-10,12H2,1-3H3. The van der Waals surface area contributed by atoms with Crippen LogP contribution in [0, 0.1) is 13.8 Å². The summed E-state index contributed by atoms with van der Waals surface area (Å²) in [6.07, 6.45) is 2.74. The van der Waals surface area contributed by atoms with Crippen molar-refractivity contribution in [3.8, 4) is 5.69 Å². The largest absolute Gasteiger partial charge is 0.341 e. The van der Waals surface area contributed by atoms with Crippen LogP contribution in [0.2, 0.25) is 0 Å². The number of likely N-dealkylation sites (N-methyl/N-ethyl adjacent to an activating group) is 1. The number of hydrogen-bond acceptors (Lipinski definition) is 5. The summed E-state index contributed by atoms with van der Waals surface area (Å²) in [4.78, 5) is 16.8. The zero-order valence-corrected chi connectivity index (χ0v) is 15.9. The van der Waals surface area contributed by atoms with E-state index in [1.54, 1.807) is 6.33 Å². The van der Waals surface area contributed by atoms with Crippen molar-refractivity contribution in [3.05, 3.63) is 35.7 Å². The number of benzene rings is 1. The molecule has 2 aromatic rings. The lowest BCUT2D eigenvalue weighted by atomic mass is 10.1. The number of hydrogen-bond donors (Lipinski definition) is 0. The Balaban J connectivity index is 1.65. The van der Waals surface area contributed by atoms with Gasteiger partial charge in [-0.1, -0.05) is 17.8 Å². The molecule has 1 fully saturated rings. The lowest BCUT2D eigenvalue weighted by Crippen LogP contribution is -2.35. The highest BCUT2D eigenvalue weighted by atomic mass is 32.2. The summed E-state index contributed by atoms with van der Waals surface area (Å²) in [5, 5.41) is 8.97. The number of carbonyl (C=O) groups is 1. The highest BCUT2D eigenvalue weighted by molar-refractivity contribution is 7.99. The molecular formula is C18H25N5OS. The molecule has 0 bridgehead atoms. The van der Waals surface area contributed by atoms with Crippen LogP contribution in [-0.2, 0) is 4.79 Å². The predicted molar refractivity (Wildman–Crippen MR) is 100 cm³/mol. The third-order valence-corrected chi connectivity index (χ3v) is 5.61. The van der Waals surface area contributed by atoms with Crippen LogP contribution in [0.1, 0.15) is 17.5 Å². The zero-order valence-electron chi connectivity index (χ0n) is 15.1. The first-order chi connectivity index (χ1) is 12.0. The number of thioether (sulfide) groups is 1. The van der Waals surface area contributed by atoms with Gasteiger partial charge in [0, 0.05) is 25.3 Å². The smallest absolute Gasteiger partial charge is 0.233 e. The molecule has 1 amide bonds. The highest BCUT2D eigenvalue weighted by Gasteiger charge is 2.18. The predicted octanol–water partition coefficient (Wildman–Crippen LogP) is 2.14. The molecule has 25 heavy (non-hydrogen) atoms. The van der Waals surface area contributed by atoms with Gasteiger partial charge in [0.15, 0.2) is 5.16 Å². The molecule has 1 aliphatic rings. The highest BCUT2D eigenvalue weighted by Crippen LogP contribution is 2.21. The third-order valence-electron chi connectivity index (χ3n) is 4.68. The lowest BCUT2D eigenvalue weighted by molar-refractivity contribution is -0.128. The van der Waals surface area contributed by atoms with Crippen molar-refractivity contribution >= 4 is 17.7 Å². The van der Waals surface area contributed by atoms with E-state index >= 15 is 0 Å². The summed E-state index contributed by atoms with van der Waals surface area (Å²) >= 11 is 1.45. The van der Waals surface area contributed by atoms with E-state index in [2.05, 4.69) is 54.2 Å². The summed E-state index contributed by atoms with van der Waals surface area (Å²) in [6.45, 7) is 7.83. The number of rotatable bonds is 4. The Labute approximate surface area is 153 Å². The van der Waals surface area contributed by atoms with Gasteiger partial charge in [-0.15, -0.1) is 10.2 Å². The molecule has 6 nitrogen and oxygen atoms in total. The normalized spacial score (nSPS) is 16.0. The molecule has 3 rings (SSSR count). The van der Waals surface area contributed by atoms with Crippen LogP contribution in [0.25, 0.3) is 5.69 Å². The fourth-order valence-corrected chi connectivity index (χ4v) is 3.72. The molecule has 1 aromatic heterocycles. The average Bonchev–Trinajstić information content (AvgIpc) is 2.96. The Morgan fingerprint density at radius 3 is 2.80 bits per heavy atom. The second-order valence-corrected chi connectivity index (χ2v) is 7.52. The number of aromatic nitrogens is 3. The van der Waals surface area contributed by atoms with Gasteiger partial charge < -0.3 is 9.80 Å². The van der Waals surface area contributed by atoms with E-state index in [9.17, 15) is 4.79 Å². The van der Waals surface area contributed by atoms with Crippen molar-refractivity contribution in [1.82, 2.24) is 24.6 Å². The average molecular weight is 359 g/mol. The van der Waals surface area contributed by atoms with Gasteiger partial charge in [0.05, 0.1) is 5.75 Å². The molecule has 0 unspecified atom stereocenters. The topological polar surface area (TPSA) is 54.3 Å². The summed E-state index contributed by atoms with van der Waals surface area (Å²) in [5.41, 5.74) is 3.51. The van der Waals surface area contributed by atoms with Gasteiger partial charge in [-0.2, -0.15) is 0 Å². The summed E-state index contributed by atoms with van der Waals surface area (Å²) in [6, 6.07) is 6.27. The minimum Gasteiger partial charge on any atom is -0.341 e. The molecule has 1 aromatic carbocycles. The number of carbonyl (C=O) groups excluding carboxylic acids is 1. The quantitative estimate of drug-likeness (QED) is 0.783. The fraction of sp³-hybridized carbons (Fsp3) is 0.500. The lowest BCUT2D eigenvalue weighted by Gasteiger charge is -2.20. The molecule has 0 saturated carbocycles. The molecule has 0 radical (unpaired) electrons. The first kappa shape index (κ1) is 17.9. The Morgan fingerprint density at radius 1 is 1.16 bits per heavy atom. The first-order valence-corrected chi connectivity index (χ1v) is 9.60. The van der Waals surface area contributed by atoms with E-state index in [0.717, 1.165) is 43.4 Å². The van der Waals surface area contributed by atoms with Crippen LogP contribution < -0.4 is 0 Å². The molecule has 0 atom stereocenters. The van der Waals surface area contributed by atoms with Crippen LogP contribution >= 0.6 is 11.8 Å². The van der Waals surface area contributed by atoms with E-state index < -0.39 is 0 Å². The molecule has 7 heteroatoms. The maximum absolute atomic E-state index is 12.5. The number of nitrogens with zero attached hydrogens (tertiary/aromatic N) is 5. The Hall–Kier alpha value is -1.86. The van der Waals surface area contributed by atoms with Crippen LogP contribution in [0.4, 0.5) is 0 Å². The van der Waals surface area contributed by atoms with Crippen molar-refractivity contribution in [2.24, 2.45) is 0 Å². The molecular weight excluding hydrogens is 334 g/mol. The van der Waals surface area contributed by atoms with E-state index in [0.29, 0.717) is 5.75 Å². The van der Waals surface area contributed by atoms with Gasteiger partial charge in [-0.3, -0.25) is 9.36 Å². The second-order valence-electron chi connectivity index (χ2n) is 6.58. The molecule has 2 heterocycles. The SMILES string of the molecule is Cc1ccc(-n2cnnc2SCC(=O)N2CCCN(C)CC2)cc1C. The minimum absolute atomic E-state index is 0.176. The second kappa shape index (κ2) is 8.01. The zero-order chi connectivity index (χ0) is 17.8. The summed E-state index contributed by atoms with van der Waals surface area (Å²) in [5.74, 6) is 0.572. The Bertz CT molecular complexity index is 745. The first-order valence-electron chi connectivity index (χ1n) is 8.61. The van der Waals surface area contributed by atoms with Gasteiger partial charge in [0.2, 0.25) is 5.91 Å². The van der Waals surface area contributed by atoms with E-state index in [-0.39, 0.29) is 5.91 Å². The molecule has 1 aliphatic heterocycles. The Kier molecular flexibility index (Phi) is 5.75. The number of aryl methyl sites for hydroxylation is 2. The van der Waals surface area contributed by atoms with Crippen molar-refractivity contribution in [2.45, 2.75) is 25.4 Å². The molecule has 0 spiro atoms. The Morgan fingerprint density at radius 2 is 2.00 bits per heavy atom. The van der Waals surface area contributed by atoms with Crippen molar-refractivity contribution in [3.63, 3.8) is 0 Å². The molecule has 1 saturated heterocycles. The summed E-state index contributed by atoms with van der Waals surface area (Å²) < 4.78 is 1.95. The minimum atomic E-state index is 0.176. The van der Waals surface area contributed by atoms with Gasteiger partial charge in [-0.25, -0.2) is 0 Å². The van der Waals surface area contributed by atoms with E-state index in [1.165, 1.54) is 22.9 Å². The van der Waals surface area contributed by atoms with Crippen LogP contribution in [0.5, 0.6) is 0 Å². The maximum Gasteiger partial charge on any atom is 0.233 e. The van der Waals surface area contributed by atoms with Crippen LogP contribution in [0.3, 0.4) is 0 Å². The molecule has 0 aliphatic carbocycles. The van der Waals surface area contributed by atoms with Gasteiger partial charge in [-0.05, 0) is 57.1 Å². The van der Waals surface area contributed by atoms with Crippen molar-refractivity contribution in [1.29, 1.82) is 0 Å². The maximum atomic E-state index is 12.5. The van der Waals surface area contributed by atoms with Crippen LogP contribution in [0.15, 0.2) is 29.7 Å². The van der Waals surface area contributed by atoms with Gasteiger partial charge in [0.1, 0.15) is 6.33 Å². The van der Waals surface area contributed by atoms with Crippen molar-refractivity contribution < 1.29 is 4.79 Å².